The van der Waals surface area contributed by atoms with E-state index in [-0.39, 0.29) is 5.82 Å². The van der Waals surface area contributed by atoms with Crippen molar-refractivity contribution >= 4 is 29.3 Å². The molecule has 0 atom stereocenters. The summed E-state index contributed by atoms with van der Waals surface area (Å²) in [5.74, 6) is 0.972. The largest absolute Gasteiger partial charge is 0.491 e. The monoisotopic (exact) mass is 579 g/mol. The fourth-order valence-corrected chi connectivity index (χ4v) is 5.76. The van der Waals surface area contributed by atoms with Gasteiger partial charge in [0.1, 0.15) is 18.2 Å². The van der Waals surface area contributed by atoms with E-state index < -0.39 is 6.09 Å². The van der Waals surface area contributed by atoms with E-state index in [9.17, 15) is 9.18 Å². The third kappa shape index (κ3) is 6.02. The molecule has 2 aliphatic rings. The standard InChI is InChI=1S/C34H34FN5O3/c1-4-23-13-14-36-21(2)28(17-22-5-9-27(35)10-6-22)32(23)40-15-16-43-31-12-8-24(18-26(31)20-40)25-7-11-29-30(19-25)38-33(37-29)39-34(41)42-3/h5-12,14,18-19H,4,13,15-17,20H2,1-3H3,(H2,37,38,39,41). The van der Waals surface area contributed by atoms with Crippen LogP contribution in [0.15, 0.2) is 88.2 Å². The molecule has 9 heteroatoms. The molecule has 0 aliphatic carbocycles. The van der Waals surface area contributed by atoms with Crippen LogP contribution in [-0.4, -0.2) is 47.4 Å². The number of nitrogens with zero attached hydrogens (tertiary/aromatic N) is 3. The number of hydrogen-bond donors (Lipinski definition) is 2. The van der Waals surface area contributed by atoms with E-state index in [4.69, 9.17) is 9.73 Å². The highest BCUT2D eigenvalue weighted by Gasteiger charge is 2.25. The zero-order chi connectivity index (χ0) is 29.9. The third-order valence-corrected chi connectivity index (χ3v) is 7.98. The fraction of sp³-hybridized carbons (Fsp3) is 0.265. The summed E-state index contributed by atoms with van der Waals surface area (Å²) < 4.78 is 24.6. The Morgan fingerprint density at radius 2 is 1.91 bits per heavy atom. The van der Waals surface area contributed by atoms with Crippen molar-refractivity contribution in [1.29, 1.82) is 0 Å². The Bertz CT molecular complexity index is 1770. The number of amides is 1. The van der Waals surface area contributed by atoms with Crippen molar-refractivity contribution < 1.29 is 18.7 Å². The molecule has 2 aliphatic heterocycles. The number of anilines is 1. The second kappa shape index (κ2) is 12.1. The summed E-state index contributed by atoms with van der Waals surface area (Å²) in [4.78, 5) is 26.4. The minimum absolute atomic E-state index is 0.236. The number of allylic oxidation sites excluding steroid dienone is 3. The molecule has 220 valence electrons. The molecule has 1 aromatic heterocycles. The Kier molecular flexibility index (Phi) is 7.96. The number of benzene rings is 3. The number of imidazole rings is 1. The Morgan fingerprint density at radius 3 is 2.70 bits per heavy atom. The Labute approximate surface area is 249 Å². The lowest BCUT2D eigenvalue weighted by Crippen LogP contribution is -2.28. The first kappa shape index (κ1) is 28.2. The molecule has 4 aromatic rings. The van der Waals surface area contributed by atoms with Crippen molar-refractivity contribution in [2.75, 3.05) is 25.6 Å². The van der Waals surface area contributed by atoms with Gasteiger partial charge in [0.15, 0.2) is 0 Å². The number of halogens is 1. The number of carbonyl (C=O) groups excluding carboxylic acids is 1. The number of fused-ring (bicyclic) bond motifs is 2. The van der Waals surface area contributed by atoms with Gasteiger partial charge in [-0.25, -0.2) is 14.2 Å². The molecule has 2 N–H and O–H groups in total. The second-order valence-electron chi connectivity index (χ2n) is 10.7. The molecule has 1 amide bonds. The van der Waals surface area contributed by atoms with E-state index in [0.717, 1.165) is 69.7 Å². The number of carbonyl (C=O) groups is 1. The number of methoxy groups -OCH3 is 1. The van der Waals surface area contributed by atoms with Gasteiger partial charge in [0.05, 0.1) is 24.7 Å². The van der Waals surface area contributed by atoms with E-state index >= 15 is 0 Å². The summed E-state index contributed by atoms with van der Waals surface area (Å²) in [6.07, 6.45) is 3.79. The van der Waals surface area contributed by atoms with Crippen molar-refractivity contribution in [3.63, 3.8) is 0 Å². The summed E-state index contributed by atoms with van der Waals surface area (Å²) in [7, 11) is 1.31. The molecule has 0 saturated carbocycles. The van der Waals surface area contributed by atoms with Crippen LogP contribution in [0.4, 0.5) is 15.1 Å². The van der Waals surface area contributed by atoms with E-state index in [1.807, 2.05) is 42.6 Å². The van der Waals surface area contributed by atoms with Gasteiger partial charge in [-0.3, -0.25) is 10.3 Å². The lowest BCUT2D eigenvalue weighted by molar-refractivity contribution is 0.186. The average Bonchev–Trinajstić information content (AvgIpc) is 3.19. The van der Waals surface area contributed by atoms with Crippen molar-refractivity contribution in [1.82, 2.24) is 14.9 Å². The number of ether oxygens (including phenoxy) is 2. The van der Waals surface area contributed by atoms with Crippen molar-refractivity contribution in [3.8, 4) is 16.9 Å². The maximum atomic E-state index is 13.7. The Hall–Kier alpha value is -4.92. The van der Waals surface area contributed by atoms with Gasteiger partial charge in [0.25, 0.3) is 0 Å². The van der Waals surface area contributed by atoms with Crippen molar-refractivity contribution in [2.24, 2.45) is 4.99 Å². The first-order valence-corrected chi connectivity index (χ1v) is 14.5. The molecule has 6 rings (SSSR count). The van der Waals surface area contributed by atoms with Crippen molar-refractivity contribution in [2.45, 2.75) is 39.7 Å². The molecular formula is C34H34FN5O3. The quantitative estimate of drug-likeness (QED) is 0.248. The number of aromatic nitrogens is 2. The van der Waals surface area contributed by atoms with Crippen LogP contribution in [0.25, 0.3) is 22.2 Å². The summed E-state index contributed by atoms with van der Waals surface area (Å²) in [6.45, 7) is 6.23. The molecule has 3 aromatic carbocycles. The first-order valence-electron chi connectivity index (χ1n) is 14.5. The van der Waals surface area contributed by atoms with E-state index in [1.54, 1.807) is 0 Å². The lowest BCUT2D eigenvalue weighted by atomic mass is 9.94. The highest BCUT2D eigenvalue weighted by Crippen LogP contribution is 2.36. The number of nitrogens with one attached hydrogen (secondary N) is 2. The zero-order valence-electron chi connectivity index (χ0n) is 24.5. The molecule has 43 heavy (non-hydrogen) atoms. The second-order valence-corrected chi connectivity index (χ2v) is 10.7. The normalized spacial score (nSPS) is 15.2. The van der Waals surface area contributed by atoms with Gasteiger partial charge in [-0.1, -0.05) is 31.2 Å². The summed E-state index contributed by atoms with van der Waals surface area (Å²) in [5.41, 5.74) is 10.5. The van der Waals surface area contributed by atoms with E-state index in [1.165, 1.54) is 30.5 Å². The van der Waals surface area contributed by atoms with Crippen LogP contribution in [0, 0.1) is 5.82 Å². The predicted octanol–water partition coefficient (Wildman–Crippen LogP) is 7.40. The topological polar surface area (TPSA) is 91.8 Å². The van der Waals surface area contributed by atoms with Gasteiger partial charge in [-0.05, 0) is 72.0 Å². The average molecular weight is 580 g/mol. The van der Waals surface area contributed by atoms with Crippen LogP contribution >= 0.6 is 0 Å². The minimum atomic E-state index is -0.581. The Balaban J connectivity index is 1.33. The van der Waals surface area contributed by atoms with Crippen LogP contribution < -0.4 is 10.1 Å². The molecule has 0 fully saturated rings. The molecule has 0 spiro atoms. The number of hydrogen-bond acceptors (Lipinski definition) is 6. The van der Waals surface area contributed by atoms with E-state index in [0.29, 0.717) is 25.5 Å². The van der Waals surface area contributed by atoms with Crippen LogP contribution in [0.1, 0.15) is 37.8 Å². The number of aromatic amines is 1. The van der Waals surface area contributed by atoms with Gasteiger partial charge >= 0.3 is 6.09 Å². The summed E-state index contributed by atoms with van der Waals surface area (Å²) >= 11 is 0. The molecule has 0 unspecified atom stereocenters. The van der Waals surface area contributed by atoms with Gasteiger partial charge in [-0.15, -0.1) is 0 Å². The van der Waals surface area contributed by atoms with Gasteiger partial charge in [0.2, 0.25) is 5.95 Å². The molecule has 0 radical (unpaired) electrons. The molecule has 0 saturated heterocycles. The van der Waals surface area contributed by atoms with Crippen LogP contribution in [0.5, 0.6) is 5.75 Å². The van der Waals surface area contributed by atoms with Crippen LogP contribution in [-0.2, 0) is 17.7 Å². The predicted molar refractivity (Wildman–Crippen MR) is 167 cm³/mol. The van der Waals surface area contributed by atoms with Gasteiger partial charge < -0.3 is 19.4 Å². The Morgan fingerprint density at radius 1 is 1.12 bits per heavy atom. The minimum Gasteiger partial charge on any atom is -0.491 e. The third-order valence-electron chi connectivity index (χ3n) is 7.98. The van der Waals surface area contributed by atoms with Crippen LogP contribution in [0.2, 0.25) is 0 Å². The maximum Gasteiger partial charge on any atom is 0.413 e. The summed E-state index contributed by atoms with van der Waals surface area (Å²) in [5, 5.41) is 2.58. The maximum absolute atomic E-state index is 13.7. The van der Waals surface area contributed by atoms with Crippen molar-refractivity contribution in [3.05, 3.63) is 100 Å². The van der Waals surface area contributed by atoms with Gasteiger partial charge in [-0.2, -0.15) is 0 Å². The molecule has 3 heterocycles. The fourth-order valence-electron chi connectivity index (χ4n) is 5.76. The highest BCUT2D eigenvalue weighted by molar-refractivity contribution is 5.88. The molecule has 8 nitrogen and oxygen atoms in total. The number of rotatable bonds is 6. The zero-order valence-corrected chi connectivity index (χ0v) is 24.5. The van der Waals surface area contributed by atoms with E-state index in [2.05, 4.69) is 50.9 Å². The summed E-state index contributed by atoms with van der Waals surface area (Å²) in [6, 6.07) is 19.0. The molecular weight excluding hydrogens is 545 g/mol. The van der Waals surface area contributed by atoms with Gasteiger partial charge in [0, 0.05) is 48.1 Å². The molecule has 0 bridgehead atoms. The SMILES string of the molecule is CCC1=C(N2CCOc3ccc(-c4ccc5nc(NC(=O)OC)[nH]c5c4)cc3C2)C(Cc2ccc(F)cc2)=C(C)N=CC1. The highest BCUT2D eigenvalue weighted by atomic mass is 19.1. The smallest absolute Gasteiger partial charge is 0.413 e. The first-order chi connectivity index (χ1) is 20.9. The lowest BCUT2D eigenvalue weighted by Gasteiger charge is -2.30. The number of H-pyrrole nitrogens is 1. The number of aliphatic imine (C=N–C) groups is 1. The van der Waals surface area contributed by atoms with Crippen LogP contribution in [0.3, 0.4) is 0 Å².